The third-order valence-electron chi connectivity index (χ3n) is 3.96. The van der Waals surface area contributed by atoms with Crippen molar-refractivity contribution in [3.8, 4) is 5.75 Å². The minimum atomic E-state index is -0.451. The molecule has 0 bridgehead atoms. The molecule has 6 heteroatoms. The highest BCUT2D eigenvalue weighted by atomic mass is 35.5. The van der Waals surface area contributed by atoms with E-state index in [2.05, 4.69) is 10.6 Å². The monoisotopic (exact) mass is 364 g/mol. The molecule has 0 aromatic heterocycles. The van der Waals surface area contributed by atoms with Crippen LogP contribution in [0.3, 0.4) is 0 Å². The summed E-state index contributed by atoms with van der Waals surface area (Å²) in [7, 11) is 1.62. The smallest absolute Gasteiger partial charge is 0.241 e. The van der Waals surface area contributed by atoms with Gasteiger partial charge in [-0.25, -0.2) is 4.39 Å². The number of anilines is 1. The van der Waals surface area contributed by atoms with E-state index in [0.717, 1.165) is 17.7 Å². The molecule has 0 heterocycles. The van der Waals surface area contributed by atoms with Crippen molar-refractivity contribution in [2.75, 3.05) is 12.4 Å². The second-order valence-corrected chi connectivity index (χ2v) is 6.14. The number of rotatable bonds is 7. The number of ether oxygens (including phenoxy) is 1. The van der Waals surface area contributed by atoms with E-state index in [1.807, 2.05) is 31.2 Å². The predicted octanol–water partition coefficient (Wildman–Crippen LogP) is 4.56. The van der Waals surface area contributed by atoms with Crippen molar-refractivity contribution < 1.29 is 13.9 Å². The van der Waals surface area contributed by atoms with Crippen molar-refractivity contribution in [1.29, 1.82) is 0 Å². The highest BCUT2D eigenvalue weighted by Gasteiger charge is 2.19. The summed E-state index contributed by atoms with van der Waals surface area (Å²) < 4.78 is 18.2. The van der Waals surface area contributed by atoms with E-state index in [9.17, 15) is 9.18 Å². The van der Waals surface area contributed by atoms with E-state index >= 15 is 0 Å². The SMILES string of the molecule is CC[C@H](N[C@@H](C)C(=O)Nc1ccc(F)cc1Cl)c1ccc(OC)cc1. The number of hydrogen-bond donors (Lipinski definition) is 2. The van der Waals surface area contributed by atoms with Gasteiger partial charge in [0.1, 0.15) is 11.6 Å². The van der Waals surface area contributed by atoms with Crippen molar-refractivity contribution in [3.05, 3.63) is 58.9 Å². The Bertz CT molecular complexity index is 722. The van der Waals surface area contributed by atoms with Crippen molar-refractivity contribution in [1.82, 2.24) is 5.32 Å². The van der Waals surface area contributed by atoms with E-state index in [1.165, 1.54) is 18.2 Å². The molecular formula is C19H22ClFN2O2. The lowest BCUT2D eigenvalue weighted by atomic mass is 10.0. The molecule has 0 saturated heterocycles. The minimum absolute atomic E-state index is 0.0235. The van der Waals surface area contributed by atoms with Crippen LogP contribution in [0.15, 0.2) is 42.5 Å². The van der Waals surface area contributed by atoms with Gasteiger partial charge >= 0.3 is 0 Å². The predicted molar refractivity (Wildman–Crippen MR) is 98.7 cm³/mol. The third kappa shape index (κ3) is 5.18. The Hall–Kier alpha value is -2.11. The van der Waals surface area contributed by atoms with E-state index in [4.69, 9.17) is 16.3 Å². The van der Waals surface area contributed by atoms with E-state index < -0.39 is 11.9 Å². The maximum Gasteiger partial charge on any atom is 0.241 e. The first kappa shape index (κ1) is 19.2. The Kier molecular flexibility index (Phi) is 6.79. The molecule has 0 fully saturated rings. The molecule has 25 heavy (non-hydrogen) atoms. The van der Waals surface area contributed by atoms with E-state index in [-0.39, 0.29) is 17.0 Å². The molecule has 2 atom stereocenters. The van der Waals surface area contributed by atoms with Crippen LogP contribution in [0.4, 0.5) is 10.1 Å². The second kappa shape index (κ2) is 8.83. The van der Waals surface area contributed by atoms with E-state index in [0.29, 0.717) is 5.69 Å². The van der Waals surface area contributed by atoms with Crippen molar-refractivity contribution >= 4 is 23.2 Å². The van der Waals surface area contributed by atoms with Gasteiger partial charge in [0, 0.05) is 6.04 Å². The molecule has 0 aliphatic carbocycles. The molecule has 2 rings (SSSR count). The fraction of sp³-hybridized carbons (Fsp3) is 0.316. The molecule has 4 nitrogen and oxygen atoms in total. The summed E-state index contributed by atoms with van der Waals surface area (Å²) >= 11 is 5.95. The Labute approximate surface area is 152 Å². The molecule has 0 spiro atoms. The Morgan fingerprint density at radius 2 is 1.92 bits per heavy atom. The van der Waals surface area contributed by atoms with Crippen LogP contribution in [0.2, 0.25) is 5.02 Å². The first-order chi connectivity index (χ1) is 11.9. The first-order valence-corrected chi connectivity index (χ1v) is 8.48. The zero-order chi connectivity index (χ0) is 18.4. The number of halogens is 2. The van der Waals surface area contributed by atoms with Gasteiger partial charge in [-0.05, 0) is 49.2 Å². The second-order valence-electron chi connectivity index (χ2n) is 5.74. The maximum atomic E-state index is 13.1. The van der Waals surface area contributed by atoms with Crippen LogP contribution in [-0.2, 0) is 4.79 Å². The van der Waals surface area contributed by atoms with Gasteiger partial charge in [-0.3, -0.25) is 10.1 Å². The summed E-state index contributed by atoms with van der Waals surface area (Å²) in [5, 5.41) is 6.19. The quantitative estimate of drug-likeness (QED) is 0.757. The van der Waals surface area contributed by atoms with Gasteiger partial charge in [-0.2, -0.15) is 0 Å². The van der Waals surface area contributed by atoms with Crippen LogP contribution in [0.5, 0.6) is 5.75 Å². The molecule has 0 unspecified atom stereocenters. The molecule has 0 aliphatic heterocycles. The summed E-state index contributed by atoms with van der Waals surface area (Å²) in [5.74, 6) is 0.107. The van der Waals surface area contributed by atoms with Crippen LogP contribution < -0.4 is 15.4 Å². The molecule has 0 saturated carbocycles. The van der Waals surface area contributed by atoms with Gasteiger partial charge in [0.25, 0.3) is 0 Å². The zero-order valence-electron chi connectivity index (χ0n) is 14.5. The fourth-order valence-corrected chi connectivity index (χ4v) is 2.71. The largest absolute Gasteiger partial charge is 0.497 e. The summed E-state index contributed by atoms with van der Waals surface area (Å²) in [6.45, 7) is 3.82. The average molecular weight is 365 g/mol. The molecule has 1 amide bonds. The molecule has 0 aliphatic rings. The van der Waals surface area contributed by atoms with Crippen LogP contribution >= 0.6 is 11.6 Å². The van der Waals surface area contributed by atoms with Crippen LogP contribution in [0, 0.1) is 5.82 Å². The third-order valence-corrected chi connectivity index (χ3v) is 4.27. The van der Waals surface area contributed by atoms with Gasteiger partial charge in [0.15, 0.2) is 0 Å². The van der Waals surface area contributed by atoms with E-state index in [1.54, 1.807) is 14.0 Å². The van der Waals surface area contributed by atoms with Crippen LogP contribution in [-0.4, -0.2) is 19.1 Å². The molecule has 2 aromatic carbocycles. The Morgan fingerprint density at radius 1 is 1.24 bits per heavy atom. The number of carbonyl (C=O) groups excluding carboxylic acids is 1. The zero-order valence-corrected chi connectivity index (χ0v) is 15.2. The Balaban J connectivity index is 2.02. The minimum Gasteiger partial charge on any atom is -0.497 e. The molecule has 2 N–H and O–H groups in total. The molecular weight excluding hydrogens is 343 g/mol. The summed E-state index contributed by atoms with van der Waals surface area (Å²) in [6.07, 6.45) is 0.821. The van der Waals surface area contributed by atoms with Gasteiger partial charge in [0.2, 0.25) is 5.91 Å². The maximum absolute atomic E-state index is 13.1. The standard InChI is InChI=1S/C19H22ClFN2O2/c1-4-17(13-5-8-15(25-3)9-6-13)22-12(2)19(24)23-18-10-7-14(21)11-16(18)20/h5-12,17,22H,4H2,1-3H3,(H,23,24)/t12-,17-/m0/s1. The number of amides is 1. The highest BCUT2D eigenvalue weighted by Crippen LogP contribution is 2.23. The molecule has 2 aromatic rings. The lowest BCUT2D eigenvalue weighted by Crippen LogP contribution is -2.40. The lowest BCUT2D eigenvalue weighted by molar-refractivity contribution is -0.118. The number of carbonyl (C=O) groups is 1. The van der Waals surface area contributed by atoms with Gasteiger partial charge in [-0.15, -0.1) is 0 Å². The number of nitrogens with one attached hydrogen (secondary N) is 2. The van der Waals surface area contributed by atoms with Crippen LogP contribution in [0.1, 0.15) is 31.9 Å². The van der Waals surface area contributed by atoms with Crippen molar-refractivity contribution in [3.63, 3.8) is 0 Å². The topological polar surface area (TPSA) is 50.4 Å². The summed E-state index contributed by atoms with van der Waals surface area (Å²) in [6, 6.07) is 11.2. The van der Waals surface area contributed by atoms with Gasteiger partial charge in [-0.1, -0.05) is 30.7 Å². The number of methoxy groups -OCH3 is 1. The van der Waals surface area contributed by atoms with Crippen molar-refractivity contribution in [2.24, 2.45) is 0 Å². The first-order valence-electron chi connectivity index (χ1n) is 8.10. The highest BCUT2D eigenvalue weighted by molar-refractivity contribution is 6.33. The average Bonchev–Trinajstić information content (AvgIpc) is 2.61. The number of benzene rings is 2. The summed E-state index contributed by atoms with van der Waals surface area (Å²) in [5.41, 5.74) is 1.46. The normalized spacial score (nSPS) is 13.2. The molecule has 0 radical (unpaired) electrons. The number of hydrogen-bond acceptors (Lipinski definition) is 3. The van der Waals surface area contributed by atoms with Crippen molar-refractivity contribution in [2.45, 2.75) is 32.4 Å². The fourth-order valence-electron chi connectivity index (χ4n) is 2.50. The Morgan fingerprint density at radius 3 is 2.48 bits per heavy atom. The summed E-state index contributed by atoms with van der Waals surface area (Å²) in [4.78, 5) is 12.4. The van der Waals surface area contributed by atoms with Crippen LogP contribution in [0.25, 0.3) is 0 Å². The molecule has 134 valence electrons. The lowest BCUT2D eigenvalue weighted by Gasteiger charge is -2.22. The van der Waals surface area contributed by atoms with Gasteiger partial charge in [0.05, 0.1) is 23.9 Å². The van der Waals surface area contributed by atoms with Gasteiger partial charge < -0.3 is 10.1 Å².